The summed E-state index contributed by atoms with van der Waals surface area (Å²) in [6, 6.07) is 10.5. The molecule has 20 heavy (non-hydrogen) atoms. The topological polar surface area (TPSA) is 64.1 Å². The van der Waals surface area contributed by atoms with Crippen LogP contribution in [0.15, 0.2) is 40.1 Å². The van der Waals surface area contributed by atoms with Crippen LogP contribution in [-0.2, 0) is 0 Å². The molecule has 104 valence electrons. The van der Waals surface area contributed by atoms with Crippen LogP contribution in [0.3, 0.4) is 0 Å². The van der Waals surface area contributed by atoms with Gasteiger partial charge in [0.05, 0.1) is 6.04 Å². The second-order valence-electron chi connectivity index (χ2n) is 4.75. The van der Waals surface area contributed by atoms with E-state index in [-0.39, 0.29) is 6.04 Å². The fourth-order valence-electron chi connectivity index (χ4n) is 2.22. The number of aromatic nitrogens is 1. The summed E-state index contributed by atoms with van der Waals surface area (Å²) in [5.41, 5.74) is 7.98. The molecule has 2 aromatic heterocycles. The van der Waals surface area contributed by atoms with Crippen LogP contribution in [0.25, 0.3) is 11.1 Å². The van der Waals surface area contributed by atoms with E-state index < -0.39 is 0 Å². The van der Waals surface area contributed by atoms with Crippen molar-refractivity contribution in [3.05, 3.63) is 40.6 Å². The number of thiophene rings is 1. The van der Waals surface area contributed by atoms with E-state index in [0.29, 0.717) is 17.3 Å². The van der Waals surface area contributed by atoms with Crippen molar-refractivity contribution in [3.8, 4) is 0 Å². The molecule has 0 bridgehead atoms. The third-order valence-corrected chi connectivity index (χ3v) is 4.16. The highest BCUT2D eigenvalue weighted by Crippen LogP contribution is 2.29. The van der Waals surface area contributed by atoms with Crippen LogP contribution < -0.4 is 11.1 Å². The molecule has 0 aliphatic heterocycles. The van der Waals surface area contributed by atoms with Gasteiger partial charge in [-0.2, -0.15) is 4.98 Å². The molecule has 2 heterocycles. The summed E-state index contributed by atoms with van der Waals surface area (Å²) in [6.07, 6.45) is 2.14. The van der Waals surface area contributed by atoms with Gasteiger partial charge in [0.25, 0.3) is 6.01 Å². The third-order valence-electron chi connectivity index (χ3n) is 3.17. The van der Waals surface area contributed by atoms with E-state index >= 15 is 0 Å². The lowest BCUT2D eigenvalue weighted by Crippen LogP contribution is -2.09. The van der Waals surface area contributed by atoms with Crippen molar-refractivity contribution in [3.63, 3.8) is 0 Å². The van der Waals surface area contributed by atoms with Crippen LogP contribution in [0, 0.1) is 0 Å². The van der Waals surface area contributed by atoms with Gasteiger partial charge in [-0.05, 0) is 30.0 Å². The molecule has 0 saturated heterocycles. The molecule has 3 aromatic rings. The van der Waals surface area contributed by atoms with Gasteiger partial charge in [-0.1, -0.05) is 19.4 Å². The number of rotatable bonds is 5. The number of oxazole rings is 1. The number of benzene rings is 1. The van der Waals surface area contributed by atoms with Crippen molar-refractivity contribution in [2.24, 2.45) is 0 Å². The molecular weight excluding hydrogens is 270 g/mol. The molecular formula is C15H17N3OS. The van der Waals surface area contributed by atoms with E-state index in [0.717, 1.165) is 18.4 Å². The molecule has 4 nitrogen and oxygen atoms in total. The van der Waals surface area contributed by atoms with Crippen LogP contribution in [0.4, 0.5) is 11.7 Å². The molecule has 5 heteroatoms. The SMILES string of the molecule is CCCC(Nc1nc2ccc(N)cc2o1)c1cccs1. The van der Waals surface area contributed by atoms with Crippen LogP contribution in [-0.4, -0.2) is 4.98 Å². The molecule has 0 aliphatic rings. The number of nitrogens with one attached hydrogen (secondary N) is 1. The van der Waals surface area contributed by atoms with Crippen molar-refractivity contribution in [2.75, 3.05) is 11.1 Å². The van der Waals surface area contributed by atoms with Crippen molar-refractivity contribution in [1.29, 1.82) is 0 Å². The number of nitrogens with zero attached hydrogens (tertiary/aromatic N) is 1. The zero-order valence-corrected chi connectivity index (χ0v) is 12.1. The second-order valence-corrected chi connectivity index (χ2v) is 5.73. The number of fused-ring (bicyclic) bond motifs is 1. The lowest BCUT2D eigenvalue weighted by atomic mass is 10.1. The summed E-state index contributed by atoms with van der Waals surface area (Å²) < 4.78 is 5.73. The van der Waals surface area contributed by atoms with E-state index in [9.17, 15) is 0 Å². The summed E-state index contributed by atoms with van der Waals surface area (Å²) in [6.45, 7) is 2.18. The largest absolute Gasteiger partial charge is 0.423 e. The average molecular weight is 287 g/mol. The first kappa shape index (κ1) is 13.0. The lowest BCUT2D eigenvalue weighted by Gasteiger charge is -2.14. The number of hydrogen-bond acceptors (Lipinski definition) is 5. The smallest absolute Gasteiger partial charge is 0.296 e. The van der Waals surface area contributed by atoms with Crippen molar-refractivity contribution in [2.45, 2.75) is 25.8 Å². The molecule has 0 amide bonds. The Morgan fingerprint density at radius 3 is 3.05 bits per heavy atom. The van der Waals surface area contributed by atoms with Crippen molar-refractivity contribution < 1.29 is 4.42 Å². The van der Waals surface area contributed by atoms with Gasteiger partial charge >= 0.3 is 0 Å². The molecule has 0 spiro atoms. The number of nitrogen functional groups attached to an aromatic ring is 1. The molecule has 0 radical (unpaired) electrons. The normalized spacial score (nSPS) is 12.7. The summed E-state index contributed by atoms with van der Waals surface area (Å²) in [5, 5.41) is 5.47. The highest BCUT2D eigenvalue weighted by atomic mass is 32.1. The Kier molecular flexibility index (Phi) is 3.60. The second kappa shape index (κ2) is 5.54. The predicted octanol–water partition coefficient (Wildman–Crippen LogP) is 4.42. The lowest BCUT2D eigenvalue weighted by molar-refractivity contribution is 0.585. The Balaban J connectivity index is 1.86. The molecule has 0 fully saturated rings. The van der Waals surface area contributed by atoms with Gasteiger partial charge in [-0.15, -0.1) is 11.3 Å². The Bertz CT molecular complexity index is 690. The van der Waals surface area contributed by atoms with Gasteiger partial charge in [0.2, 0.25) is 0 Å². The Labute approximate surface area is 121 Å². The molecule has 1 aromatic carbocycles. The van der Waals surface area contributed by atoms with Crippen LogP contribution >= 0.6 is 11.3 Å². The average Bonchev–Trinajstić information content (AvgIpc) is 3.06. The zero-order chi connectivity index (χ0) is 13.9. The van der Waals surface area contributed by atoms with E-state index in [1.165, 1.54) is 4.88 Å². The van der Waals surface area contributed by atoms with Gasteiger partial charge in [0, 0.05) is 16.6 Å². The zero-order valence-electron chi connectivity index (χ0n) is 11.3. The summed E-state index contributed by atoms with van der Waals surface area (Å²) >= 11 is 1.75. The molecule has 3 N–H and O–H groups in total. The van der Waals surface area contributed by atoms with Crippen LogP contribution in [0.1, 0.15) is 30.7 Å². The molecule has 1 atom stereocenters. The van der Waals surface area contributed by atoms with Gasteiger partial charge in [-0.25, -0.2) is 0 Å². The first-order chi connectivity index (χ1) is 9.76. The van der Waals surface area contributed by atoms with Crippen molar-refractivity contribution in [1.82, 2.24) is 4.98 Å². The first-order valence-electron chi connectivity index (χ1n) is 6.72. The van der Waals surface area contributed by atoms with E-state index in [4.69, 9.17) is 10.2 Å². The fourth-order valence-corrected chi connectivity index (χ4v) is 3.03. The van der Waals surface area contributed by atoms with Gasteiger partial charge in [0.1, 0.15) is 5.52 Å². The molecule has 1 unspecified atom stereocenters. The molecule has 0 saturated carbocycles. The Hall–Kier alpha value is -2.01. The highest BCUT2D eigenvalue weighted by Gasteiger charge is 2.15. The minimum Gasteiger partial charge on any atom is -0.423 e. The highest BCUT2D eigenvalue weighted by molar-refractivity contribution is 7.10. The van der Waals surface area contributed by atoms with Gasteiger partial charge in [0.15, 0.2) is 5.58 Å². The monoisotopic (exact) mass is 287 g/mol. The number of anilines is 2. The summed E-state index contributed by atoms with van der Waals surface area (Å²) in [4.78, 5) is 5.76. The number of nitrogens with two attached hydrogens (primary N) is 1. The maximum Gasteiger partial charge on any atom is 0.296 e. The van der Waals surface area contributed by atoms with Crippen molar-refractivity contribution >= 4 is 34.1 Å². The first-order valence-corrected chi connectivity index (χ1v) is 7.60. The molecule has 3 rings (SSSR count). The standard InChI is InChI=1S/C15H17N3OS/c1-2-4-12(14-5-3-8-20-14)18-15-17-11-7-6-10(16)9-13(11)19-15/h3,5-9,12H,2,4,16H2,1H3,(H,17,18). The minimum atomic E-state index is 0.241. The predicted molar refractivity (Wildman–Crippen MR) is 84.0 cm³/mol. The maximum atomic E-state index is 5.75. The molecule has 0 aliphatic carbocycles. The quantitative estimate of drug-likeness (QED) is 0.682. The van der Waals surface area contributed by atoms with Gasteiger partial charge < -0.3 is 15.5 Å². The van der Waals surface area contributed by atoms with E-state index in [1.54, 1.807) is 17.4 Å². The Morgan fingerprint density at radius 1 is 1.40 bits per heavy atom. The minimum absolute atomic E-state index is 0.241. The Morgan fingerprint density at radius 2 is 2.30 bits per heavy atom. The van der Waals surface area contributed by atoms with Crippen LogP contribution in [0.5, 0.6) is 0 Å². The van der Waals surface area contributed by atoms with Crippen LogP contribution in [0.2, 0.25) is 0 Å². The van der Waals surface area contributed by atoms with Gasteiger partial charge in [-0.3, -0.25) is 0 Å². The van der Waals surface area contributed by atoms with E-state index in [2.05, 4.69) is 34.7 Å². The summed E-state index contributed by atoms with van der Waals surface area (Å²) in [5.74, 6) is 0. The number of hydrogen-bond donors (Lipinski definition) is 2. The maximum absolute atomic E-state index is 5.75. The summed E-state index contributed by atoms with van der Waals surface area (Å²) in [7, 11) is 0. The third kappa shape index (κ3) is 2.63. The van der Waals surface area contributed by atoms with E-state index in [1.807, 2.05) is 12.1 Å². The fraction of sp³-hybridized carbons (Fsp3) is 0.267.